The van der Waals surface area contributed by atoms with Gasteiger partial charge in [0.1, 0.15) is 10.7 Å². The Balaban J connectivity index is 3.28. The van der Waals surface area contributed by atoms with Crippen molar-refractivity contribution in [1.29, 1.82) is 0 Å². The highest BCUT2D eigenvalue weighted by Crippen LogP contribution is 2.20. The van der Waals surface area contributed by atoms with Crippen molar-refractivity contribution < 1.29 is 12.8 Å². The molecule has 0 saturated carbocycles. The van der Waals surface area contributed by atoms with Gasteiger partial charge in [-0.25, -0.2) is 12.8 Å². The molecule has 1 aromatic rings. The topological polar surface area (TPSA) is 34.1 Å². The van der Waals surface area contributed by atoms with Crippen LogP contribution in [-0.2, 0) is 9.84 Å². The monoisotopic (exact) mass is 216 g/mol. The molecule has 0 unspecified atom stereocenters. The number of hydrogen-bond donors (Lipinski definition) is 0. The molecule has 78 valence electrons. The lowest BCUT2D eigenvalue weighted by Gasteiger charge is -2.07. The Morgan fingerprint density at radius 2 is 1.86 bits per heavy atom. The van der Waals surface area contributed by atoms with Crippen LogP contribution in [0.3, 0.4) is 0 Å². The summed E-state index contributed by atoms with van der Waals surface area (Å²) in [6, 6.07) is 4.24. The minimum Gasteiger partial charge on any atom is -0.224 e. The van der Waals surface area contributed by atoms with E-state index in [1.807, 2.05) is 13.8 Å². The van der Waals surface area contributed by atoms with Crippen molar-refractivity contribution in [2.75, 3.05) is 6.26 Å². The normalized spacial score (nSPS) is 12.1. The number of rotatable bonds is 2. The number of sulfone groups is 1. The maximum Gasteiger partial charge on any atom is 0.178 e. The first kappa shape index (κ1) is 11.2. The molecule has 0 fully saturated rings. The van der Waals surface area contributed by atoms with Gasteiger partial charge in [-0.3, -0.25) is 0 Å². The van der Waals surface area contributed by atoms with Gasteiger partial charge in [0, 0.05) is 6.26 Å². The lowest BCUT2D eigenvalue weighted by Crippen LogP contribution is -2.01. The Kier molecular flexibility index (Phi) is 2.95. The molecule has 2 nitrogen and oxygen atoms in total. The van der Waals surface area contributed by atoms with Gasteiger partial charge in [0.05, 0.1) is 0 Å². The fraction of sp³-hybridized carbons (Fsp3) is 0.400. The van der Waals surface area contributed by atoms with Crippen molar-refractivity contribution in [1.82, 2.24) is 0 Å². The molecule has 0 radical (unpaired) electrons. The van der Waals surface area contributed by atoms with E-state index in [1.54, 1.807) is 6.07 Å². The smallest absolute Gasteiger partial charge is 0.178 e. The molecule has 0 N–H and O–H groups in total. The van der Waals surface area contributed by atoms with Crippen LogP contribution in [0.4, 0.5) is 4.39 Å². The molecule has 0 bridgehead atoms. The largest absolute Gasteiger partial charge is 0.224 e. The molecule has 0 spiro atoms. The Hall–Kier alpha value is -0.900. The fourth-order valence-corrected chi connectivity index (χ4v) is 1.91. The summed E-state index contributed by atoms with van der Waals surface area (Å²) in [7, 11) is -3.45. The predicted octanol–water partition coefficient (Wildman–Crippen LogP) is 2.35. The Morgan fingerprint density at radius 3 is 2.21 bits per heavy atom. The zero-order chi connectivity index (χ0) is 10.9. The van der Waals surface area contributed by atoms with Crippen LogP contribution >= 0.6 is 0 Å². The van der Waals surface area contributed by atoms with E-state index in [1.165, 1.54) is 12.1 Å². The number of hydrogen-bond acceptors (Lipinski definition) is 2. The molecule has 14 heavy (non-hydrogen) atoms. The summed E-state index contributed by atoms with van der Waals surface area (Å²) in [4.78, 5) is -0.234. The van der Waals surface area contributed by atoms with Crippen molar-refractivity contribution in [3.63, 3.8) is 0 Å². The molecule has 1 aromatic carbocycles. The van der Waals surface area contributed by atoms with Crippen LogP contribution in [0.15, 0.2) is 23.1 Å². The summed E-state index contributed by atoms with van der Waals surface area (Å²) in [6.07, 6.45) is 1.00. The van der Waals surface area contributed by atoms with Gasteiger partial charge in [-0.2, -0.15) is 0 Å². The first-order chi connectivity index (χ1) is 6.32. The van der Waals surface area contributed by atoms with Gasteiger partial charge in [-0.1, -0.05) is 19.9 Å². The Bertz CT molecular complexity index is 435. The van der Waals surface area contributed by atoms with E-state index in [2.05, 4.69) is 0 Å². The summed E-state index contributed by atoms with van der Waals surface area (Å²) in [5.74, 6) is -0.475. The van der Waals surface area contributed by atoms with Crippen molar-refractivity contribution >= 4 is 9.84 Å². The van der Waals surface area contributed by atoms with Crippen LogP contribution in [0.5, 0.6) is 0 Å². The van der Waals surface area contributed by atoms with Crippen molar-refractivity contribution in [2.45, 2.75) is 24.7 Å². The van der Waals surface area contributed by atoms with Gasteiger partial charge in [-0.15, -0.1) is 0 Å². The van der Waals surface area contributed by atoms with Gasteiger partial charge in [0.15, 0.2) is 9.84 Å². The second-order valence-electron chi connectivity index (χ2n) is 3.62. The standard InChI is InChI=1S/C10H13FO2S/c1-7(2)8-4-5-10(9(11)6-8)14(3,12)13/h4-7H,1-3H3. The van der Waals surface area contributed by atoms with Crippen molar-refractivity contribution in [3.05, 3.63) is 29.6 Å². The zero-order valence-corrected chi connectivity index (χ0v) is 9.23. The van der Waals surface area contributed by atoms with Crippen LogP contribution in [0.2, 0.25) is 0 Å². The van der Waals surface area contributed by atoms with Crippen molar-refractivity contribution in [3.8, 4) is 0 Å². The van der Waals surface area contributed by atoms with Gasteiger partial charge in [0.2, 0.25) is 0 Å². The minimum absolute atomic E-state index is 0.193. The molecule has 0 saturated heterocycles. The molecular formula is C10H13FO2S. The van der Waals surface area contributed by atoms with E-state index in [9.17, 15) is 12.8 Å². The van der Waals surface area contributed by atoms with Crippen molar-refractivity contribution in [2.24, 2.45) is 0 Å². The van der Waals surface area contributed by atoms with Crippen LogP contribution in [0.25, 0.3) is 0 Å². The maximum atomic E-state index is 13.3. The van der Waals surface area contributed by atoms with Crippen LogP contribution in [-0.4, -0.2) is 14.7 Å². The van der Waals surface area contributed by atoms with E-state index in [4.69, 9.17) is 0 Å². The van der Waals surface area contributed by atoms with Crippen LogP contribution < -0.4 is 0 Å². The average molecular weight is 216 g/mol. The third-order valence-electron chi connectivity index (χ3n) is 2.02. The lowest BCUT2D eigenvalue weighted by molar-refractivity contribution is 0.568. The molecule has 0 aliphatic rings. The lowest BCUT2D eigenvalue weighted by atomic mass is 10.0. The summed E-state index contributed by atoms with van der Waals surface area (Å²) in [5.41, 5.74) is 0.801. The Morgan fingerprint density at radius 1 is 1.29 bits per heavy atom. The molecule has 0 heterocycles. The molecule has 1 rings (SSSR count). The highest BCUT2D eigenvalue weighted by molar-refractivity contribution is 7.90. The molecule has 4 heteroatoms. The quantitative estimate of drug-likeness (QED) is 0.760. The summed E-state index contributed by atoms with van der Waals surface area (Å²) in [5, 5.41) is 0. The highest BCUT2D eigenvalue weighted by Gasteiger charge is 2.14. The Labute approximate surface area is 83.7 Å². The van der Waals surface area contributed by atoms with E-state index in [0.717, 1.165) is 11.8 Å². The minimum atomic E-state index is -3.45. The molecule has 0 aliphatic carbocycles. The molecule has 0 atom stereocenters. The third kappa shape index (κ3) is 2.32. The molecule has 0 aromatic heterocycles. The van der Waals surface area contributed by atoms with E-state index in [0.29, 0.717) is 0 Å². The maximum absolute atomic E-state index is 13.3. The van der Waals surface area contributed by atoms with Crippen LogP contribution in [0.1, 0.15) is 25.3 Å². The summed E-state index contributed by atoms with van der Waals surface area (Å²) >= 11 is 0. The van der Waals surface area contributed by atoms with Gasteiger partial charge >= 0.3 is 0 Å². The highest BCUT2D eigenvalue weighted by atomic mass is 32.2. The fourth-order valence-electron chi connectivity index (χ4n) is 1.18. The number of halogens is 1. The summed E-state index contributed by atoms with van der Waals surface area (Å²) < 4.78 is 35.5. The van der Waals surface area contributed by atoms with Crippen LogP contribution in [0, 0.1) is 5.82 Å². The molecular weight excluding hydrogens is 203 g/mol. The first-order valence-corrected chi connectivity index (χ1v) is 6.21. The summed E-state index contributed by atoms with van der Waals surface area (Å²) in [6.45, 7) is 3.85. The zero-order valence-electron chi connectivity index (χ0n) is 8.41. The SMILES string of the molecule is CC(C)c1ccc(S(C)(=O)=O)c(F)c1. The second kappa shape index (κ2) is 3.69. The van der Waals surface area contributed by atoms with Gasteiger partial charge in [0.25, 0.3) is 0 Å². The predicted molar refractivity (Wildman–Crippen MR) is 53.6 cm³/mol. The third-order valence-corrected chi connectivity index (χ3v) is 3.15. The van der Waals surface area contributed by atoms with E-state index < -0.39 is 15.7 Å². The average Bonchev–Trinajstić information content (AvgIpc) is 2.01. The van der Waals surface area contributed by atoms with Gasteiger partial charge in [-0.05, 0) is 23.6 Å². The first-order valence-electron chi connectivity index (χ1n) is 4.32. The molecule has 0 amide bonds. The molecule has 0 aliphatic heterocycles. The van der Waals surface area contributed by atoms with E-state index in [-0.39, 0.29) is 10.8 Å². The van der Waals surface area contributed by atoms with E-state index >= 15 is 0 Å². The number of benzene rings is 1. The van der Waals surface area contributed by atoms with Gasteiger partial charge < -0.3 is 0 Å². The second-order valence-corrected chi connectivity index (χ2v) is 5.60.